The SMILES string of the molecule is CCOC(=O)/C=C(/CC)[Se](C)(C)c1[cH-]ccc1C(C)N(C)C.[Fe+2].c1cc[cH-]c1. The summed E-state index contributed by atoms with van der Waals surface area (Å²) in [6.45, 7) is 6.62. The van der Waals surface area contributed by atoms with E-state index in [4.69, 9.17) is 4.74 Å². The molecule has 0 spiro atoms. The zero-order valence-electron chi connectivity index (χ0n) is 18.2. The first-order chi connectivity index (χ1) is 12.8. The maximum Gasteiger partial charge on any atom is 2.00 e. The van der Waals surface area contributed by atoms with E-state index in [-0.39, 0.29) is 23.0 Å². The Morgan fingerprint density at radius 3 is 2.25 bits per heavy atom. The summed E-state index contributed by atoms with van der Waals surface area (Å²) in [7, 11) is 4.21. The minimum absolute atomic E-state index is 0. The molecule has 0 saturated heterocycles. The molecule has 0 aliphatic carbocycles. The van der Waals surface area contributed by atoms with Gasteiger partial charge < -0.3 is 0 Å². The van der Waals surface area contributed by atoms with Crippen molar-refractivity contribution in [1.29, 1.82) is 0 Å². The molecule has 0 aliphatic rings. The Morgan fingerprint density at radius 1 is 1.21 bits per heavy atom. The van der Waals surface area contributed by atoms with E-state index in [1.54, 1.807) is 6.08 Å². The topological polar surface area (TPSA) is 29.5 Å². The number of rotatable bonds is 7. The average Bonchev–Trinajstić information content (AvgIpc) is 3.33. The fourth-order valence-electron chi connectivity index (χ4n) is 2.89. The summed E-state index contributed by atoms with van der Waals surface area (Å²) in [4.78, 5) is 14.1. The van der Waals surface area contributed by atoms with Gasteiger partial charge in [-0.2, -0.15) is 18.2 Å². The third-order valence-corrected chi connectivity index (χ3v) is 11.4. The summed E-state index contributed by atoms with van der Waals surface area (Å²) in [5.41, 5.74) is 1.39. The molecule has 1 atom stereocenters. The number of ether oxygens (including phenoxy) is 1. The van der Waals surface area contributed by atoms with Gasteiger partial charge in [0.1, 0.15) is 0 Å². The van der Waals surface area contributed by atoms with Gasteiger partial charge in [-0.15, -0.1) is 0 Å². The molecule has 0 bridgehead atoms. The van der Waals surface area contributed by atoms with E-state index in [2.05, 4.69) is 62.7 Å². The van der Waals surface area contributed by atoms with Gasteiger partial charge in [0.25, 0.3) is 0 Å². The monoisotopic (exact) mass is 493 g/mol. The molecule has 1 unspecified atom stereocenters. The number of carbonyl (C=O) groups excluding carboxylic acids is 1. The fraction of sp³-hybridized carbons (Fsp3) is 0.435. The van der Waals surface area contributed by atoms with Gasteiger partial charge in [0.2, 0.25) is 0 Å². The summed E-state index contributed by atoms with van der Waals surface area (Å²) < 4.78 is 7.80. The molecule has 0 heterocycles. The molecule has 28 heavy (non-hydrogen) atoms. The summed E-state index contributed by atoms with van der Waals surface area (Å²) in [5, 5.41) is 0. The van der Waals surface area contributed by atoms with Crippen LogP contribution < -0.4 is 4.46 Å². The molecule has 5 heteroatoms. The maximum absolute atomic E-state index is 11.9. The summed E-state index contributed by atoms with van der Waals surface area (Å²) >= 11 is -2.08. The maximum atomic E-state index is 11.9. The van der Waals surface area contributed by atoms with Gasteiger partial charge in [0.15, 0.2) is 0 Å². The van der Waals surface area contributed by atoms with Crippen LogP contribution in [0.5, 0.6) is 0 Å². The van der Waals surface area contributed by atoms with Gasteiger partial charge in [-0.1, -0.05) is 0 Å². The molecule has 0 amide bonds. The number of esters is 1. The van der Waals surface area contributed by atoms with Crippen molar-refractivity contribution < 1.29 is 26.6 Å². The van der Waals surface area contributed by atoms with Crippen LogP contribution >= 0.6 is 0 Å². The van der Waals surface area contributed by atoms with Gasteiger partial charge in [-0.3, -0.25) is 0 Å². The molecule has 158 valence electrons. The zero-order chi connectivity index (χ0) is 20.4. The Hall–Kier alpha value is -1.09. The number of hydrogen-bond acceptors (Lipinski definition) is 3. The van der Waals surface area contributed by atoms with Crippen LogP contribution in [-0.2, 0) is 26.6 Å². The Balaban J connectivity index is 0.00000105. The second kappa shape index (κ2) is 13.2. The van der Waals surface area contributed by atoms with E-state index in [9.17, 15) is 4.79 Å². The van der Waals surface area contributed by atoms with Crippen molar-refractivity contribution in [3.05, 3.63) is 64.6 Å². The van der Waals surface area contributed by atoms with Gasteiger partial charge >= 0.3 is 155 Å². The van der Waals surface area contributed by atoms with Crippen molar-refractivity contribution in [2.75, 3.05) is 20.7 Å². The molecule has 0 fully saturated rings. The van der Waals surface area contributed by atoms with Gasteiger partial charge in [-0.05, 0) is 0 Å². The van der Waals surface area contributed by atoms with Crippen molar-refractivity contribution in [2.45, 2.75) is 44.9 Å². The molecule has 2 rings (SSSR count). The number of carbonyl (C=O) groups is 1. The molecular formula is C23H35FeNO2Se. The molecular weight excluding hydrogens is 457 g/mol. The Bertz CT molecular complexity index is 685. The molecule has 2 aromatic carbocycles. The number of hydrogen-bond donors (Lipinski definition) is 0. The Kier molecular flexibility index (Phi) is 12.7. The van der Waals surface area contributed by atoms with Crippen LogP contribution in [-0.4, -0.2) is 44.4 Å². The first kappa shape index (κ1) is 26.9. The normalized spacial score (nSPS) is 13.2. The molecule has 0 aliphatic heterocycles. The molecule has 3 nitrogen and oxygen atoms in total. The van der Waals surface area contributed by atoms with Crippen LogP contribution in [0.1, 0.15) is 38.8 Å². The van der Waals surface area contributed by atoms with Crippen LogP contribution in [0, 0.1) is 0 Å². The van der Waals surface area contributed by atoms with Crippen LogP contribution in [0.4, 0.5) is 0 Å². The third-order valence-electron chi connectivity index (χ3n) is 4.71. The summed E-state index contributed by atoms with van der Waals surface area (Å²) in [6, 6.07) is 17.0. The van der Waals surface area contributed by atoms with Crippen molar-refractivity contribution in [2.24, 2.45) is 0 Å². The predicted molar refractivity (Wildman–Crippen MR) is 118 cm³/mol. The third kappa shape index (κ3) is 7.73. The first-order valence-corrected chi connectivity index (χ1v) is 14.6. The van der Waals surface area contributed by atoms with Crippen LogP contribution in [0.3, 0.4) is 0 Å². The van der Waals surface area contributed by atoms with Gasteiger partial charge in [0.05, 0.1) is 0 Å². The molecule has 0 aromatic heterocycles. The second-order valence-electron chi connectivity index (χ2n) is 6.99. The second-order valence-corrected chi connectivity index (χ2v) is 14.6. The molecule has 0 N–H and O–H groups in total. The van der Waals surface area contributed by atoms with E-state index in [1.165, 1.54) is 14.5 Å². The molecule has 0 radical (unpaired) electrons. The minimum Gasteiger partial charge on any atom is -0.214 e. The summed E-state index contributed by atoms with van der Waals surface area (Å²) in [5.74, 6) is 4.47. The van der Waals surface area contributed by atoms with Crippen LogP contribution in [0.15, 0.2) is 59.1 Å². The number of allylic oxidation sites excluding steroid dienone is 1. The smallest absolute Gasteiger partial charge is 0.214 e. The van der Waals surface area contributed by atoms with Crippen molar-refractivity contribution in [1.82, 2.24) is 4.90 Å². The van der Waals surface area contributed by atoms with Crippen molar-refractivity contribution in [3.63, 3.8) is 0 Å². The van der Waals surface area contributed by atoms with Crippen molar-refractivity contribution >= 4 is 23.3 Å². The van der Waals surface area contributed by atoms with Gasteiger partial charge in [0, 0.05) is 0 Å². The number of nitrogens with zero attached hydrogens (tertiary/aromatic N) is 1. The first-order valence-electron chi connectivity index (χ1n) is 9.45. The standard InChI is InChI=1S/C18H30NO2Se.C5H5.Fe/c1-8-15(13-18(20)21-9-2)22(6,7)17-12-10-11-16(17)14(3)19(4)5;1-2-4-5-3-1;/h10-14H,8-9H2,1-7H3;1-5H;/q2*-1;+2/b15-13-;;. The predicted octanol–water partition coefficient (Wildman–Crippen LogP) is 4.79. The van der Waals surface area contributed by atoms with E-state index >= 15 is 0 Å². The molecule has 2 aromatic rings. The zero-order valence-corrected chi connectivity index (χ0v) is 21.0. The Labute approximate surface area is 184 Å². The average molecular weight is 492 g/mol. The van der Waals surface area contributed by atoms with Crippen LogP contribution in [0.25, 0.3) is 0 Å². The van der Waals surface area contributed by atoms with Gasteiger partial charge in [-0.25, -0.2) is 12.1 Å². The van der Waals surface area contributed by atoms with E-state index < -0.39 is 12.8 Å². The largest absolute Gasteiger partial charge is 2.00 e. The minimum atomic E-state index is -2.08. The van der Waals surface area contributed by atoms with Crippen molar-refractivity contribution in [3.8, 4) is 0 Å². The fourth-order valence-corrected chi connectivity index (χ4v) is 8.44. The summed E-state index contributed by atoms with van der Waals surface area (Å²) in [6.07, 6.45) is 2.63. The molecule has 0 saturated carbocycles. The van der Waals surface area contributed by atoms with Crippen LogP contribution in [0.2, 0.25) is 11.6 Å². The van der Waals surface area contributed by atoms with E-state index in [1.807, 2.05) is 37.3 Å². The van der Waals surface area contributed by atoms with E-state index in [0.29, 0.717) is 12.6 Å². The quantitative estimate of drug-likeness (QED) is 0.241. The van der Waals surface area contributed by atoms with E-state index in [0.717, 1.165) is 6.42 Å². The Morgan fingerprint density at radius 2 is 1.82 bits per heavy atom.